The van der Waals surface area contributed by atoms with Crippen molar-refractivity contribution in [1.29, 1.82) is 0 Å². The molecule has 0 amide bonds. The number of methoxy groups -OCH3 is 1. The molecule has 1 rings (SSSR count). The third-order valence-electron chi connectivity index (χ3n) is 2.15. The smallest absolute Gasteiger partial charge is 0.395 e. The second kappa shape index (κ2) is 8.87. The Morgan fingerprint density at radius 1 is 1.45 bits per heavy atom. The van der Waals surface area contributed by atoms with Crippen molar-refractivity contribution in [1.82, 2.24) is 0 Å². The number of carbonyl (C=O) groups excluding carboxylic acids is 1. The number of halogens is 1. The van der Waals surface area contributed by atoms with Crippen molar-refractivity contribution in [2.24, 2.45) is 4.74 Å². The first-order chi connectivity index (χ1) is 9.54. The van der Waals surface area contributed by atoms with Crippen molar-refractivity contribution in [2.75, 3.05) is 20.3 Å². The van der Waals surface area contributed by atoms with E-state index in [0.717, 1.165) is 0 Å². The van der Waals surface area contributed by atoms with E-state index in [1.807, 2.05) is 0 Å². The number of nitrogens with zero attached hydrogens (tertiary/aromatic N) is 1. The number of para-hydroxylation sites is 1. The van der Waals surface area contributed by atoms with E-state index in [9.17, 15) is 9.69 Å². The monoisotopic (exact) mass is 319 g/mol. The molecule has 1 unspecified atom stereocenters. The van der Waals surface area contributed by atoms with Gasteiger partial charge in [-0.05, 0) is 19.1 Å². The molecule has 0 N–H and O–H groups in total. The van der Waals surface area contributed by atoms with Gasteiger partial charge in [-0.25, -0.2) is 4.79 Å². The molecule has 6 nitrogen and oxygen atoms in total. The van der Waals surface area contributed by atoms with E-state index in [1.54, 1.807) is 24.3 Å². The second-order valence-corrected chi connectivity index (χ2v) is 5.01. The minimum absolute atomic E-state index is 0.122. The molecular weight excluding hydrogens is 305 g/mol. The summed E-state index contributed by atoms with van der Waals surface area (Å²) < 4.78 is 18.4. The molecule has 0 aliphatic heterocycles. The quantitative estimate of drug-likeness (QED) is 0.437. The number of benzene rings is 1. The van der Waals surface area contributed by atoms with E-state index >= 15 is 0 Å². The van der Waals surface area contributed by atoms with Gasteiger partial charge in [0.15, 0.2) is 6.04 Å². The number of hydrogen-bond acceptors (Lipinski definition) is 6. The lowest BCUT2D eigenvalue weighted by Crippen LogP contribution is -2.20. The molecule has 110 valence electrons. The molecule has 8 heteroatoms. The maximum absolute atomic E-state index is 11.7. The number of hydrogen-bond donors (Lipinski definition) is 0. The average molecular weight is 320 g/mol. The maximum atomic E-state index is 11.7. The number of carbonyl (C=O) groups is 1. The Morgan fingerprint density at radius 2 is 2.15 bits per heavy atom. The van der Waals surface area contributed by atoms with Crippen molar-refractivity contribution in [3.8, 4) is 5.75 Å². The van der Waals surface area contributed by atoms with Gasteiger partial charge < -0.3 is 14.4 Å². The highest BCUT2D eigenvalue weighted by atomic mass is 35.5. The van der Waals surface area contributed by atoms with Gasteiger partial charge >= 0.3 is 14.1 Å². The molecule has 0 saturated heterocycles. The van der Waals surface area contributed by atoms with Crippen LogP contribution in [0, 0.1) is 0 Å². The van der Waals surface area contributed by atoms with Crippen LogP contribution >= 0.6 is 19.8 Å². The van der Waals surface area contributed by atoms with Crippen LogP contribution in [0.3, 0.4) is 0 Å². The number of rotatable bonds is 7. The fourth-order valence-corrected chi connectivity index (χ4v) is 2.14. The highest BCUT2D eigenvalue weighted by Gasteiger charge is 2.18. The van der Waals surface area contributed by atoms with Gasteiger partial charge in [0.05, 0.1) is 11.6 Å². The van der Waals surface area contributed by atoms with Crippen LogP contribution in [0.1, 0.15) is 6.92 Å². The normalized spacial score (nSPS) is 12.9. The molecule has 1 aromatic carbocycles. The second-order valence-electron chi connectivity index (χ2n) is 3.71. The van der Waals surface area contributed by atoms with Gasteiger partial charge in [0.25, 0.3) is 0 Å². The Morgan fingerprint density at radius 3 is 2.80 bits per heavy atom. The summed E-state index contributed by atoms with van der Waals surface area (Å²) in [6, 6.07) is 5.68. The van der Waals surface area contributed by atoms with Crippen molar-refractivity contribution in [3.63, 3.8) is 0 Å². The van der Waals surface area contributed by atoms with Gasteiger partial charge in [-0.3, -0.25) is 4.52 Å². The molecule has 0 radical (unpaired) electrons. The van der Waals surface area contributed by atoms with Gasteiger partial charge in [-0.1, -0.05) is 28.5 Å². The first-order valence-electron chi connectivity index (χ1n) is 5.80. The predicted molar refractivity (Wildman–Crippen MR) is 73.7 cm³/mol. The van der Waals surface area contributed by atoms with Crippen molar-refractivity contribution in [3.05, 3.63) is 29.3 Å². The van der Waals surface area contributed by atoms with Crippen LogP contribution in [0.2, 0.25) is 5.02 Å². The predicted octanol–water partition coefficient (Wildman–Crippen LogP) is 2.15. The van der Waals surface area contributed by atoms with Crippen LogP contribution in [-0.4, -0.2) is 32.3 Å². The molecule has 0 aromatic heterocycles. The fraction of sp³-hybridized carbons (Fsp3) is 0.417. The molecule has 0 saturated carbocycles. The van der Waals surface area contributed by atoms with Crippen LogP contribution in [0.5, 0.6) is 5.75 Å². The van der Waals surface area contributed by atoms with Crippen LogP contribution in [0.25, 0.3) is 0 Å². The molecule has 0 aliphatic carbocycles. The van der Waals surface area contributed by atoms with E-state index in [0.29, 0.717) is 11.6 Å². The summed E-state index contributed by atoms with van der Waals surface area (Å²) in [5, 5.41) is 0.321. The largest absolute Gasteiger partial charge is 0.575 e. The lowest BCUT2D eigenvalue weighted by atomic mass is 10.3. The summed E-state index contributed by atoms with van der Waals surface area (Å²) in [7, 11) is -0.909. The fourth-order valence-electron chi connectivity index (χ4n) is 1.16. The summed E-state index contributed by atoms with van der Waals surface area (Å²) in [5.74, 6) is -0.341. The zero-order chi connectivity index (χ0) is 15.0. The first-order valence-corrected chi connectivity index (χ1v) is 7.31. The highest BCUT2D eigenvalue weighted by Crippen LogP contribution is 2.30. The molecule has 0 heterocycles. The third-order valence-corrected chi connectivity index (χ3v) is 3.35. The summed E-state index contributed by atoms with van der Waals surface area (Å²) in [6.07, 6.45) is 0. The summed E-state index contributed by atoms with van der Waals surface area (Å²) in [4.78, 5) is 23.2. The van der Waals surface area contributed by atoms with Crippen molar-refractivity contribution < 1.29 is 23.7 Å². The van der Waals surface area contributed by atoms with E-state index in [-0.39, 0.29) is 12.4 Å². The van der Waals surface area contributed by atoms with E-state index in [4.69, 9.17) is 25.6 Å². The van der Waals surface area contributed by atoms with Crippen molar-refractivity contribution >= 4 is 25.7 Å². The molecule has 2 atom stereocenters. The van der Waals surface area contributed by atoms with Crippen LogP contribution in [0.4, 0.5) is 0 Å². The van der Waals surface area contributed by atoms with Gasteiger partial charge in [0.1, 0.15) is 6.61 Å². The summed E-state index contributed by atoms with van der Waals surface area (Å²) in [6.45, 7) is 1.89. The summed E-state index contributed by atoms with van der Waals surface area (Å²) >= 11 is 5.85. The Kier molecular flexibility index (Phi) is 7.47. The molecular formula is C12H15ClNO5P. The van der Waals surface area contributed by atoms with E-state index in [2.05, 4.69) is 4.74 Å². The Bertz CT molecular complexity index is 483. The van der Waals surface area contributed by atoms with Crippen LogP contribution in [0.15, 0.2) is 29.0 Å². The minimum atomic E-state index is -2.41. The standard InChI is InChI=1S/C12H15ClNO5P/c1-9(12(15)18-8-7-17-2)14-20(16)19-11-6-4-3-5-10(11)13/h3-6,9H,7-8H2,1-2H3/t9-/m0/s1. The molecule has 0 aliphatic rings. The maximum Gasteiger partial charge on any atom is 0.395 e. The van der Waals surface area contributed by atoms with Crippen molar-refractivity contribution in [2.45, 2.75) is 13.0 Å². The first kappa shape index (κ1) is 16.9. The molecule has 0 spiro atoms. The van der Waals surface area contributed by atoms with Gasteiger partial charge in [0, 0.05) is 7.11 Å². The van der Waals surface area contributed by atoms with Crippen LogP contribution < -0.4 is 9.42 Å². The Labute approximate surface area is 123 Å². The number of ether oxygens (including phenoxy) is 2. The van der Waals surface area contributed by atoms with Gasteiger partial charge in [0.2, 0.25) is 5.75 Å². The Hall–Kier alpha value is -1.20. The molecule has 0 bridgehead atoms. The van der Waals surface area contributed by atoms with E-state index in [1.165, 1.54) is 14.0 Å². The van der Waals surface area contributed by atoms with Crippen LogP contribution in [-0.2, 0) is 14.3 Å². The zero-order valence-corrected chi connectivity index (χ0v) is 12.8. The lowest BCUT2D eigenvalue weighted by molar-refractivity contribution is -0.169. The van der Waals surface area contributed by atoms with Gasteiger partial charge in [-0.2, -0.15) is 0 Å². The molecule has 20 heavy (non-hydrogen) atoms. The minimum Gasteiger partial charge on any atom is -0.575 e. The lowest BCUT2D eigenvalue weighted by Gasteiger charge is -2.06. The Balaban J connectivity index is 2.55. The number of esters is 1. The zero-order valence-electron chi connectivity index (χ0n) is 11.1. The highest BCUT2D eigenvalue weighted by molar-refractivity contribution is 7.34. The summed E-state index contributed by atoms with van der Waals surface area (Å²) in [5.41, 5.74) is 0. The van der Waals surface area contributed by atoms with Gasteiger partial charge in [-0.15, -0.1) is 0 Å². The third kappa shape index (κ3) is 5.84. The molecule has 1 aromatic rings. The van der Waals surface area contributed by atoms with E-state index < -0.39 is 20.2 Å². The SMILES string of the molecule is COCCOC(=O)[C@H](C)N=[P+]([O-])Oc1ccccc1Cl. The topological polar surface area (TPSA) is 80.2 Å². The molecule has 0 fully saturated rings. The average Bonchev–Trinajstić information content (AvgIpc) is 2.41.